The summed E-state index contributed by atoms with van der Waals surface area (Å²) in [7, 11) is 1.99. The van der Waals surface area contributed by atoms with Crippen molar-refractivity contribution < 1.29 is 4.79 Å². The first-order valence-electron chi connectivity index (χ1n) is 6.94. The van der Waals surface area contributed by atoms with E-state index in [0.717, 1.165) is 18.4 Å². The molecule has 1 aliphatic rings. The van der Waals surface area contributed by atoms with E-state index in [1.807, 2.05) is 14.0 Å². The van der Waals surface area contributed by atoms with Gasteiger partial charge in [0.25, 0.3) is 0 Å². The van der Waals surface area contributed by atoms with E-state index in [0.29, 0.717) is 16.4 Å². The quantitative estimate of drug-likeness (QED) is 0.821. The Bertz CT molecular complexity index is 506. The molecule has 0 radical (unpaired) electrons. The van der Waals surface area contributed by atoms with Gasteiger partial charge in [-0.1, -0.05) is 18.5 Å². The Hall–Kier alpha value is -1.26. The van der Waals surface area contributed by atoms with E-state index in [1.54, 1.807) is 18.2 Å². The molecule has 0 aliphatic heterocycles. The number of carbonyl (C=O) groups is 1. The van der Waals surface area contributed by atoms with Crippen LogP contribution in [0.25, 0.3) is 0 Å². The lowest BCUT2D eigenvalue weighted by molar-refractivity contribution is -0.120. The molecule has 0 heterocycles. The van der Waals surface area contributed by atoms with E-state index in [2.05, 4.69) is 17.1 Å². The molecular weight excluding hydrogens is 274 g/mol. The molecule has 110 valence electrons. The van der Waals surface area contributed by atoms with E-state index in [-0.39, 0.29) is 11.9 Å². The lowest BCUT2D eigenvalue weighted by atomic mass is 10.2. The maximum absolute atomic E-state index is 12.2. The van der Waals surface area contributed by atoms with Crippen LogP contribution in [0.2, 0.25) is 5.02 Å². The van der Waals surface area contributed by atoms with Gasteiger partial charge in [-0.25, -0.2) is 0 Å². The van der Waals surface area contributed by atoms with Gasteiger partial charge in [-0.3, -0.25) is 9.69 Å². The molecule has 5 heteroatoms. The summed E-state index contributed by atoms with van der Waals surface area (Å²) in [5.74, 6) is 1.51. The number of anilines is 2. The van der Waals surface area contributed by atoms with Crippen LogP contribution in [0.15, 0.2) is 18.2 Å². The van der Waals surface area contributed by atoms with Crippen LogP contribution in [0, 0.1) is 11.8 Å². The summed E-state index contributed by atoms with van der Waals surface area (Å²) in [5, 5.41) is 3.37. The van der Waals surface area contributed by atoms with E-state index in [1.165, 1.54) is 6.42 Å². The third-order valence-corrected chi connectivity index (χ3v) is 4.45. The van der Waals surface area contributed by atoms with Crippen molar-refractivity contribution in [2.75, 3.05) is 24.6 Å². The lowest BCUT2D eigenvalue weighted by Gasteiger charge is -2.24. The molecule has 1 saturated carbocycles. The summed E-state index contributed by atoms with van der Waals surface area (Å²) in [5.41, 5.74) is 6.88. The zero-order valence-electron chi connectivity index (χ0n) is 12.2. The van der Waals surface area contributed by atoms with Gasteiger partial charge >= 0.3 is 0 Å². The lowest BCUT2D eigenvalue weighted by Crippen LogP contribution is -2.40. The molecule has 1 amide bonds. The number of benzene rings is 1. The van der Waals surface area contributed by atoms with Gasteiger partial charge < -0.3 is 11.1 Å². The Balaban J connectivity index is 1.91. The second-order valence-corrected chi connectivity index (χ2v) is 6.22. The molecule has 1 aromatic rings. The molecule has 1 aliphatic carbocycles. The van der Waals surface area contributed by atoms with Crippen LogP contribution in [0.1, 0.15) is 20.3 Å². The smallest absolute Gasteiger partial charge is 0.241 e. The van der Waals surface area contributed by atoms with Gasteiger partial charge in [0.05, 0.1) is 16.8 Å². The Morgan fingerprint density at radius 1 is 1.60 bits per heavy atom. The number of halogens is 1. The van der Waals surface area contributed by atoms with Crippen molar-refractivity contribution in [1.82, 2.24) is 4.90 Å². The monoisotopic (exact) mass is 295 g/mol. The summed E-state index contributed by atoms with van der Waals surface area (Å²) in [4.78, 5) is 14.3. The number of likely N-dealkylation sites (N-methyl/N-ethyl adjacent to an activating group) is 1. The minimum Gasteiger partial charge on any atom is -0.397 e. The second kappa shape index (κ2) is 6.02. The van der Waals surface area contributed by atoms with Crippen molar-refractivity contribution in [2.24, 2.45) is 11.8 Å². The van der Waals surface area contributed by atoms with Gasteiger partial charge in [0.1, 0.15) is 0 Å². The van der Waals surface area contributed by atoms with Gasteiger partial charge in [-0.05, 0) is 50.4 Å². The number of amides is 1. The standard InChI is InChI=1S/C15H22ClN3O/c1-9-6-11(9)8-19(3)10(2)15(20)18-12-4-5-13(16)14(17)7-12/h4-5,7,9-11H,6,8,17H2,1-3H3,(H,18,20). The van der Waals surface area contributed by atoms with Crippen molar-refractivity contribution in [1.29, 1.82) is 0 Å². The molecule has 3 atom stereocenters. The molecule has 0 saturated heterocycles. The average molecular weight is 296 g/mol. The molecular formula is C15H22ClN3O. The van der Waals surface area contributed by atoms with Gasteiger partial charge in [0, 0.05) is 12.2 Å². The fourth-order valence-electron chi connectivity index (χ4n) is 2.25. The Labute approximate surface area is 125 Å². The van der Waals surface area contributed by atoms with Crippen molar-refractivity contribution in [3.63, 3.8) is 0 Å². The summed E-state index contributed by atoms with van der Waals surface area (Å²) >= 11 is 5.86. The van der Waals surface area contributed by atoms with Crippen LogP contribution in [0.5, 0.6) is 0 Å². The number of nitrogens with two attached hydrogens (primary N) is 1. The minimum absolute atomic E-state index is 0.0254. The maximum Gasteiger partial charge on any atom is 0.241 e. The Kier molecular flexibility index (Phi) is 4.55. The third-order valence-electron chi connectivity index (χ3n) is 4.10. The summed E-state index contributed by atoms with van der Waals surface area (Å²) < 4.78 is 0. The van der Waals surface area contributed by atoms with Gasteiger partial charge in [0.2, 0.25) is 5.91 Å². The Morgan fingerprint density at radius 2 is 2.25 bits per heavy atom. The average Bonchev–Trinajstić information content (AvgIpc) is 3.08. The minimum atomic E-state index is -0.167. The van der Waals surface area contributed by atoms with Crippen LogP contribution >= 0.6 is 11.6 Å². The van der Waals surface area contributed by atoms with Crippen LogP contribution in [-0.2, 0) is 4.79 Å². The summed E-state index contributed by atoms with van der Waals surface area (Å²) in [6, 6.07) is 4.95. The van der Waals surface area contributed by atoms with Crippen LogP contribution in [-0.4, -0.2) is 30.4 Å². The molecule has 3 N–H and O–H groups in total. The highest BCUT2D eigenvalue weighted by molar-refractivity contribution is 6.33. The number of carbonyl (C=O) groups excluding carboxylic acids is 1. The molecule has 0 aromatic heterocycles. The van der Waals surface area contributed by atoms with E-state index in [9.17, 15) is 4.79 Å². The topological polar surface area (TPSA) is 58.4 Å². The predicted molar refractivity (Wildman–Crippen MR) is 83.9 cm³/mol. The highest BCUT2D eigenvalue weighted by Gasteiger charge is 2.34. The van der Waals surface area contributed by atoms with Crippen molar-refractivity contribution in [3.8, 4) is 0 Å². The van der Waals surface area contributed by atoms with E-state index >= 15 is 0 Å². The highest BCUT2D eigenvalue weighted by Crippen LogP contribution is 2.38. The fourth-order valence-corrected chi connectivity index (χ4v) is 2.37. The fraction of sp³-hybridized carbons (Fsp3) is 0.533. The highest BCUT2D eigenvalue weighted by atomic mass is 35.5. The normalized spacial score (nSPS) is 22.6. The SMILES string of the molecule is CC1CC1CN(C)C(C)C(=O)Nc1ccc(Cl)c(N)c1. The maximum atomic E-state index is 12.2. The number of nitrogens with one attached hydrogen (secondary N) is 1. The zero-order valence-corrected chi connectivity index (χ0v) is 12.9. The molecule has 4 nitrogen and oxygen atoms in total. The van der Waals surface area contributed by atoms with Crippen LogP contribution in [0.3, 0.4) is 0 Å². The van der Waals surface area contributed by atoms with Crippen molar-refractivity contribution in [2.45, 2.75) is 26.3 Å². The zero-order chi connectivity index (χ0) is 14.9. The van der Waals surface area contributed by atoms with Crippen LogP contribution < -0.4 is 11.1 Å². The van der Waals surface area contributed by atoms with Gasteiger partial charge in [-0.15, -0.1) is 0 Å². The van der Waals surface area contributed by atoms with Crippen molar-refractivity contribution >= 4 is 28.9 Å². The van der Waals surface area contributed by atoms with E-state index < -0.39 is 0 Å². The molecule has 0 spiro atoms. The van der Waals surface area contributed by atoms with Gasteiger partial charge in [-0.2, -0.15) is 0 Å². The number of hydrogen-bond donors (Lipinski definition) is 2. The number of hydrogen-bond acceptors (Lipinski definition) is 3. The molecule has 0 bridgehead atoms. The molecule has 3 unspecified atom stereocenters. The summed E-state index contributed by atoms with van der Waals surface area (Å²) in [6.07, 6.45) is 1.27. The van der Waals surface area contributed by atoms with Crippen LogP contribution in [0.4, 0.5) is 11.4 Å². The largest absolute Gasteiger partial charge is 0.397 e. The van der Waals surface area contributed by atoms with Crippen molar-refractivity contribution in [3.05, 3.63) is 23.2 Å². The first kappa shape index (κ1) is 15.1. The molecule has 1 fully saturated rings. The van der Waals surface area contributed by atoms with E-state index in [4.69, 9.17) is 17.3 Å². The first-order valence-corrected chi connectivity index (χ1v) is 7.32. The number of nitrogen functional groups attached to an aromatic ring is 1. The molecule has 2 rings (SSSR count). The summed E-state index contributed by atoms with van der Waals surface area (Å²) in [6.45, 7) is 5.14. The first-order chi connectivity index (χ1) is 9.38. The third kappa shape index (κ3) is 3.64. The van der Waals surface area contributed by atoms with Gasteiger partial charge in [0.15, 0.2) is 0 Å². The second-order valence-electron chi connectivity index (χ2n) is 5.81. The molecule has 20 heavy (non-hydrogen) atoms. The Morgan fingerprint density at radius 3 is 2.80 bits per heavy atom. The predicted octanol–water partition coefficient (Wildman–Crippen LogP) is 2.84. The number of rotatable bonds is 5. The number of nitrogens with zero attached hydrogens (tertiary/aromatic N) is 1. The molecule has 1 aromatic carbocycles.